The van der Waals surface area contributed by atoms with Crippen molar-refractivity contribution >= 4 is 12.0 Å². The van der Waals surface area contributed by atoms with Crippen LogP contribution in [-0.4, -0.2) is 41.4 Å². The molecule has 0 radical (unpaired) electrons. The van der Waals surface area contributed by atoms with Crippen molar-refractivity contribution in [2.45, 2.75) is 71.1 Å². The van der Waals surface area contributed by atoms with Gasteiger partial charge in [0.1, 0.15) is 6.04 Å². The van der Waals surface area contributed by atoms with E-state index < -0.39 is 18.0 Å². The van der Waals surface area contributed by atoms with Crippen LogP contribution in [0.5, 0.6) is 0 Å². The van der Waals surface area contributed by atoms with Crippen LogP contribution in [0, 0.1) is 5.92 Å². The number of rotatable bonds is 6. The van der Waals surface area contributed by atoms with Crippen LogP contribution >= 0.6 is 0 Å². The van der Waals surface area contributed by atoms with Crippen molar-refractivity contribution < 1.29 is 19.4 Å². The van der Waals surface area contributed by atoms with E-state index in [0.717, 1.165) is 25.7 Å². The third-order valence-electron chi connectivity index (χ3n) is 4.34. The fourth-order valence-electron chi connectivity index (χ4n) is 2.78. The minimum atomic E-state index is -1.01. The van der Waals surface area contributed by atoms with Gasteiger partial charge in [-0.05, 0) is 31.6 Å². The summed E-state index contributed by atoms with van der Waals surface area (Å²) in [7, 11) is 0. The van der Waals surface area contributed by atoms with Crippen LogP contribution in [-0.2, 0) is 9.53 Å². The zero-order valence-corrected chi connectivity index (χ0v) is 13.4. The Labute approximate surface area is 126 Å². The Kier molecular flexibility index (Phi) is 6.45. The molecule has 1 saturated heterocycles. The van der Waals surface area contributed by atoms with Crippen molar-refractivity contribution in [1.29, 1.82) is 0 Å². The highest BCUT2D eigenvalue weighted by atomic mass is 16.5. The SMILES string of the molecule is CCC1(CC)CC(NC(=O)N[C@@H](C(=O)O)C(C)C)CCO1. The Balaban J connectivity index is 2.56. The molecule has 0 bridgehead atoms. The summed E-state index contributed by atoms with van der Waals surface area (Å²) in [5.41, 5.74) is -0.166. The van der Waals surface area contributed by atoms with Crippen molar-refractivity contribution in [3.05, 3.63) is 0 Å². The van der Waals surface area contributed by atoms with Crippen LogP contribution < -0.4 is 10.6 Å². The van der Waals surface area contributed by atoms with Gasteiger partial charge in [-0.3, -0.25) is 0 Å². The molecule has 1 heterocycles. The van der Waals surface area contributed by atoms with Crippen LogP contribution in [0.3, 0.4) is 0 Å². The van der Waals surface area contributed by atoms with E-state index in [9.17, 15) is 9.59 Å². The standard InChI is InChI=1S/C15H28N2O4/c1-5-15(6-2)9-11(7-8-21-15)16-14(20)17-12(10(3)4)13(18)19/h10-12H,5-9H2,1-4H3,(H,18,19)(H2,16,17,20)/t11?,12-/m1/s1. The Morgan fingerprint density at radius 2 is 1.95 bits per heavy atom. The Morgan fingerprint density at radius 1 is 1.33 bits per heavy atom. The lowest BCUT2D eigenvalue weighted by Crippen LogP contribution is -2.54. The number of aliphatic carboxylic acids is 1. The molecule has 6 nitrogen and oxygen atoms in total. The van der Waals surface area contributed by atoms with Gasteiger partial charge in [-0.2, -0.15) is 0 Å². The van der Waals surface area contributed by atoms with Crippen molar-refractivity contribution in [2.75, 3.05) is 6.61 Å². The van der Waals surface area contributed by atoms with Crippen LogP contribution in [0.2, 0.25) is 0 Å². The fraction of sp³-hybridized carbons (Fsp3) is 0.867. The molecular formula is C15H28N2O4. The van der Waals surface area contributed by atoms with Crippen molar-refractivity contribution in [3.63, 3.8) is 0 Å². The van der Waals surface area contributed by atoms with Crippen LogP contribution in [0.15, 0.2) is 0 Å². The number of carboxylic acids is 1. The lowest BCUT2D eigenvalue weighted by atomic mass is 9.86. The number of carbonyl (C=O) groups excluding carboxylic acids is 1. The van der Waals surface area contributed by atoms with Gasteiger partial charge in [0.2, 0.25) is 0 Å². The highest BCUT2D eigenvalue weighted by molar-refractivity contribution is 5.82. The molecule has 0 aromatic rings. The predicted molar refractivity (Wildman–Crippen MR) is 80.2 cm³/mol. The minimum absolute atomic E-state index is 0.0280. The molecule has 3 N–H and O–H groups in total. The first-order chi connectivity index (χ1) is 9.83. The Hall–Kier alpha value is -1.30. The molecule has 1 unspecified atom stereocenters. The van der Waals surface area contributed by atoms with Crippen molar-refractivity contribution in [1.82, 2.24) is 10.6 Å². The lowest BCUT2D eigenvalue weighted by Gasteiger charge is -2.40. The number of ether oxygens (including phenoxy) is 1. The highest BCUT2D eigenvalue weighted by Gasteiger charge is 2.35. The molecule has 0 aromatic carbocycles. The van der Waals surface area contributed by atoms with Crippen molar-refractivity contribution in [2.24, 2.45) is 5.92 Å². The summed E-state index contributed by atoms with van der Waals surface area (Å²) < 4.78 is 5.87. The molecule has 0 aliphatic carbocycles. The number of amides is 2. The topological polar surface area (TPSA) is 87.7 Å². The fourth-order valence-corrected chi connectivity index (χ4v) is 2.78. The normalized spacial score (nSPS) is 22.6. The van der Waals surface area contributed by atoms with Crippen LogP contribution in [0.1, 0.15) is 53.4 Å². The number of hydrogen-bond donors (Lipinski definition) is 3. The third-order valence-corrected chi connectivity index (χ3v) is 4.34. The molecule has 2 atom stereocenters. The average molecular weight is 300 g/mol. The summed E-state index contributed by atoms with van der Waals surface area (Å²) >= 11 is 0. The molecule has 1 aliphatic heterocycles. The number of nitrogens with one attached hydrogen (secondary N) is 2. The van der Waals surface area contributed by atoms with E-state index >= 15 is 0 Å². The molecule has 1 rings (SSSR count). The Morgan fingerprint density at radius 3 is 2.43 bits per heavy atom. The van der Waals surface area contributed by atoms with Gasteiger partial charge in [0.15, 0.2) is 0 Å². The minimum Gasteiger partial charge on any atom is -0.480 e. The predicted octanol–water partition coefficient (Wildman–Crippen LogP) is 2.13. The first-order valence-corrected chi connectivity index (χ1v) is 7.77. The molecule has 1 fully saturated rings. The summed E-state index contributed by atoms with van der Waals surface area (Å²) in [6, 6.07) is -1.25. The van der Waals surface area contributed by atoms with Crippen LogP contribution in [0.25, 0.3) is 0 Å². The summed E-state index contributed by atoms with van der Waals surface area (Å²) in [4.78, 5) is 23.1. The third kappa shape index (κ3) is 4.88. The highest BCUT2D eigenvalue weighted by Crippen LogP contribution is 2.31. The van der Waals surface area contributed by atoms with Gasteiger partial charge in [0.05, 0.1) is 5.60 Å². The van der Waals surface area contributed by atoms with E-state index in [-0.39, 0.29) is 17.6 Å². The maximum atomic E-state index is 12.0. The van der Waals surface area contributed by atoms with E-state index in [1.54, 1.807) is 13.8 Å². The summed E-state index contributed by atoms with van der Waals surface area (Å²) in [5.74, 6) is -1.17. The van der Waals surface area contributed by atoms with E-state index in [0.29, 0.717) is 6.61 Å². The van der Waals surface area contributed by atoms with Gasteiger partial charge in [-0.15, -0.1) is 0 Å². The second-order valence-corrected chi connectivity index (χ2v) is 6.11. The molecule has 0 saturated carbocycles. The second kappa shape index (κ2) is 7.64. The number of carboxylic acid groups (broad SMARTS) is 1. The molecule has 21 heavy (non-hydrogen) atoms. The summed E-state index contributed by atoms with van der Waals surface area (Å²) in [5, 5.41) is 14.5. The Bertz CT molecular complexity index is 367. The van der Waals surface area contributed by atoms with Gasteiger partial charge in [-0.1, -0.05) is 27.7 Å². The van der Waals surface area contributed by atoms with Gasteiger partial charge < -0.3 is 20.5 Å². The molecule has 122 valence electrons. The van der Waals surface area contributed by atoms with Crippen LogP contribution in [0.4, 0.5) is 4.79 Å². The molecule has 0 aromatic heterocycles. The van der Waals surface area contributed by atoms with Gasteiger partial charge >= 0.3 is 12.0 Å². The summed E-state index contributed by atoms with van der Waals surface area (Å²) in [6.07, 6.45) is 3.35. The zero-order chi connectivity index (χ0) is 16.0. The summed E-state index contributed by atoms with van der Waals surface area (Å²) in [6.45, 7) is 8.34. The number of hydrogen-bond acceptors (Lipinski definition) is 3. The van der Waals surface area contributed by atoms with E-state index in [1.165, 1.54) is 0 Å². The maximum absolute atomic E-state index is 12.0. The second-order valence-electron chi connectivity index (χ2n) is 6.11. The smallest absolute Gasteiger partial charge is 0.326 e. The monoisotopic (exact) mass is 300 g/mol. The van der Waals surface area contributed by atoms with Gasteiger partial charge in [-0.25, -0.2) is 9.59 Å². The van der Waals surface area contributed by atoms with E-state index in [4.69, 9.17) is 9.84 Å². The number of carbonyl (C=O) groups is 2. The quantitative estimate of drug-likeness (QED) is 0.701. The maximum Gasteiger partial charge on any atom is 0.326 e. The average Bonchev–Trinajstić information content (AvgIpc) is 2.44. The zero-order valence-electron chi connectivity index (χ0n) is 13.4. The molecule has 1 aliphatic rings. The van der Waals surface area contributed by atoms with E-state index in [1.807, 2.05) is 0 Å². The molecule has 0 spiro atoms. The van der Waals surface area contributed by atoms with Gasteiger partial charge in [0.25, 0.3) is 0 Å². The van der Waals surface area contributed by atoms with Crippen molar-refractivity contribution in [3.8, 4) is 0 Å². The largest absolute Gasteiger partial charge is 0.480 e. The molecular weight excluding hydrogens is 272 g/mol. The first-order valence-electron chi connectivity index (χ1n) is 7.77. The van der Waals surface area contributed by atoms with Gasteiger partial charge in [0, 0.05) is 12.6 Å². The molecule has 2 amide bonds. The lowest BCUT2D eigenvalue weighted by molar-refractivity contribution is -0.140. The first kappa shape index (κ1) is 17.8. The van der Waals surface area contributed by atoms with E-state index in [2.05, 4.69) is 24.5 Å². The number of urea groups is 1. The molecule has 6 heteroatoms.